The van der Waals surface area contributed by atoms with Crippen LogP contribution in [0, 0.1) is 0 Å². The summed E-state index contributed by atoms with van der Waals surface area (Å²) in [6, 6.07) is 6.18. The van der Waals surface area contributed by atoms with E-state index < -0.39 is 0 Å². The predicted octanol–water partition coefficient (Wildman–Crippen LogP) is 2.36. The van der Waals surface area contributed by atoms with Crippen LogP contribution < -0.4 is 5.32 Å². The highest BCUT2D eigenvalue weighted by Gasteiger charge is 2.17. The van der Waals surface area contributed by atoms with Gasteiger partial charge in [0.2, 0.25) is 5.89 Å². The lowest BCUT2D eigenvalue weighted by Crippen LogP contribution is -2.28. The van der Waals surface area contributed by atoms with Gasteiger partial charge < -0.3 is 14.4 Å². The Bertz CT molecular complexity index is 997. The fraction of sp³-hybridized carbons (Fsp3) is 0.294. The summed E-state index contributed by atoms with van der Waals surface area (Å²) in [7, 11) is 0. The molecule has 0 spiro atoms. The van der Waals surface area contributed by atoms with Crippen molar-refractivity contribution in [2.75, 3.05) is 6.54 Å². The van der Waals surface area contributed by atoms with E-state index in [0.29, 0.717) is 24.7 Å². The molecule has 0 saturated carbocycles. The Balaban J connectivity index is 0.00000180. The molecule has 4 aromatic rings. The summed E-state index contributed by atoms with van der Waals surface area (Å²) in [5, 5.41) is 14.2. The molecule has 0 aromatic carbocycles. The van der Waals surface area contributed by atoms with Gasteiger partial charge in [0.05, 0.1) is 25.2 Å². The van der Waals surface area contributed by atoms with Crippen molar-refractivity contribution >= 4 is 23.7 Å². The number of imidazole rings is 1. The van der Waals surface area contributed by atoms with Crippen LogP contribution in [-0.4, -0.2) is 36.0 Å². The number of rotatable bonds is 5. The summed E-state index contributed by atoms with van der Waals surface area (Å²) in [6.07, 6.45) is 4.36. The molecule has 1 aliphatic heterocycles. The van der Waals surface area contributed by atoms with Crippen LogP contribution in [0.15, 0.2) is 40.5 Å². The Kier molecular flexibility index (Phi) is 5.06. The smallest absolute Gasteiger partial charge is 0.231 e. The lowest BCUT2D eigenvalue weighted by atomic mass is 10.3. The van der Waals surface area contributed by atoms with Gasteiger partial charge in [0.25, 0.3) is 0 Å². The molecule has 0 fully saturated rings. The van der Waals surface area contributed by atoms with Gasteiger partial charge in [0.1, 0.15) is 5.69 Å². The van der Waals surface area contributed by atoms with Crippen molar-refractivity contribution in [1.29, 1.82) is 0 Å². The largest absolute Gasteiger partial charge is 0.339 e. The first-order chi connectivity index (χ1) is 12.8. The van der Waals surface area contributed by atoms with Gasteiger partial charge in [-0.25, -0.2) is 4.98 Å². The second-order valence-electron chi connectivity index (χ2n) is 6.16. The Hall–Kier alpha value is -2.49. The Morgan fingerprint density at radius 1 is 1.33 bits per heavy atom. The van der Waals surface area contributed by atoms with E-state index in [2.05, 4.69) is 37.7 Å². The highest BCUT2D eigenvalue weighted by atomic mass is 35.5. The van der Waals surface area contributed by atoms with E-state index in [9.17, 15) is 0 Å². The number of nitrogens with zero attached hydrogens (tertiary/aromatic N) is 6. The average Bonchev–Trinajstić information content (AvgIpc) is 3.42. The number of fused-ring (bicyclic) bond motifs is 1. The van der Waals surface area contributed by atoms with Gasteiger partial charge >= 0.3 is 0 Å². The number of aromatic nitrogens is 6. The van der Waals surface area contributed by atoms with E-state index in [4.69, 9.17) is 4.52 Å². The Labute approximate surface area is 165 Å². The lowest BCUT2D eigenvalue weighted by molar-refractivity contribution is 0.379. The van der Waals surface area contributed by atoms with Crippen molar-refractivity contribution in [3.05, 3.63) is 58.3 Å². The summed E-state index contributed by atoms with van der Waals surface area (Å²) < 4.78 is 9.42. The monoisotopic (exact) mass is 403 g/mol. The third-order valence-electron chi connectivity index (χ3n) is 4.34. The molecular weight excluding hydrogens is 386 g/mol. The van der Waals surface area contributed by atoms with Crippen molar-refractivity contribution in [2.24, 2.45) is 0 Å². The van der Waals surface area contributed by atoms with E-state index in [-0.39, 0.29) is 12.4 Å². The number of thiophene rings is 1. The molecule has 8 nitrogen and oxygen atoms in total. The van der Waals surface area contributed by atoms with Gasteiger partial charge in [-0.15, -0.1) is 23.7 Å². The van der Waals surface area contributed by atoms with Crippen LogP contribution in [0.1, 0.15) is 22.3 Å². The molecule has 0 aliphatic carbocycles. The standard InChI is InChI=1S/C17H17N7OS.ClH/c1-2-13(26-7-1)9-16-20-15(22-25-16)11-23-5-4-19-17(23)14-8-12-10-18-3-6-24(12)21-14;/h1-2,4-5,7-8,18H,3,6,9-11H2;1H. The average molecular weight is 404 g/mol. The van der Waals surface area contributed by atoms with Gasteiger partial charge in [-0.1, -0.05) is 11.2 Å². The second kappa shape index (κ2) is 7.63. The fourth-order valence-electron chi connectivity index (χ4n) is 3.11. The molecule has 0 amide bonds. The Morgan fingerprint density at radius 2 is 2.30 bits per heavy atom. The minimum absolute atomic E-state index is 0. The van der Waals surface area contributed by atoms with Crippen LogP contribution in [-0.2, 0) is 26.1 Å². The van der Waals surface area contributed by atoms with E-state index >= 15 is 0 Å². The molecule has 0 atom stereocenters. The van der Waals surface area contributed by atoms with Gasteiger partial charge in [0, 0.05) is 30.4 Å². The SMILES string of the molecule is Cl.c1csc(Cc2nc(Cn3ccnc3-c3cc4n(n3)CCNC4)no2)c1. The molecular formula is C17H18ClN7OS. The van der Waals surface area contributed by atoms with Gasteiger partial charge in [-0.3, -0.25) is 4.68 Å². The number of halogens is 1. The van der Waals surface area contributed by atoms with Crippen molar-refractivity contribution in [3.63, 3.8) is 0 Å². The van der Waals surface area contributed by atoms with Crippen molar-refractivity contribution in [2.45, 2.75) is 26.1 Å². The molecule has 0 unspecified atom stereocenters. The number of nitrogens with one attached hydrogen (secondary N) is 1. The van der Waals surface area contributed by atoms with Crippen molar-refractivity contribution < 1.29 is 4.52 Å². The van der Waals surface area contributed by atoms with Gasteiger partial charge in [0.15, 0.2) is 11.6 Å². The maximum atomic E-state index is 5.38. The molecule has 0 radical (unpaired) electrons. The summed E-state index contributed by atoms with van der Waals surface area (Å²) in [4.78, 5) is 10.2. The van der Waals surface area contributed by atoms with Gasteiger partial charge in [-0.05, 0) is 17.5 Å². The molecule has 4 aromatic heterocycles. The number of hydrogen-bond donors (Lipinski definition) is 1. The van der Waals surface area contributed by atoms with Crippen molar-refractivity contribution in [3.8, 4) is 11.5 Å². The lowest BCUT2D eigenvalue weighted by Gasteiger charge is -2.13. The van der Waals surface area contributed by atoms with E-state index in [1.54, 1.807) is 17.5 Å². The molecule has 27 heavy (non-hydrogen) atoms. The maximum Gasteiger partial charge on any atom is 0.231 e. The van der Waals surface area contributed by atoms with E-state index in [1.165, 1.54) is 10.6 Å². The van der Waals surface area contributed by atoms with Crippen LogP contribution >= 0.6 is 23.7 Å². The van der Waals surface area contributed by atoms with E-state index in [1.807, 2.05) is 26.9 Å². The molecule has 0 bridgehead atoms. The Morgan fingerprint density at radius 3 is 3.15 bits per heavy atom. The maximum absolute atomic E-state index is 5.38. The number of hydrogen-bond acceptors (Lipinski definition) is 7. The van der Waals surface area contributed by atoms with Gasteiger partial charge in [-0.2, -0.15) is 10.1 Å². The summed E-state index contributed by atoms with van der Waals surface area (Å²) in [5.74, 6) is 2.09. The molecule has 140 valence electrons. The highest BCUT2D eigenvalue weighted by Crippen LogP contribution is 2.20. The van der Waals surface area contributed by atoms with Crippen LogP contribution in [0.25, 0.3) is 11.5 Å². The van der Waals surface area contributed by atoms with Crippen LogP contribution in [0.4, 0.5) is 0 Å². The summed E-state index contributed by atoms with van der Waals surface area (Å²) >= 11 is 1.69. The summed E-state index contributed by atoms with van der Waals surface area (Å²) in [5.41, 5.74) is 2.05. The van der Waals surface area contributed by atoms with Crippen LogP contribution in [0.3, 0.4) is 0 Å². The third kappa shape index (κ3) is 3.66. The van der Waals surface area contributed by atoms with E-state index in [0.717, 1.165) is 31.2 Å². The first kappa shape index (κ1) is 17.9. The second-order valence-corrected chi connectivity index (χ2v) is 7.19. The first-order valence-corrected chi connectivity index (χ1v) is 9.36. The van der Waals surface area contributed by atoms with Crippen LogP contribution in [0.2, 0.25) is 0 Å². The normalized spacial score (nSPS) is 13.3. The topological polar surface area (TPSA) is 86.6 Å². The minimum atomic E-state index is 0. The molecule has 0 saturated heterocycles. The molecule has 5 rings (SSSR count). The zero-order chi connectivity index (χ0) is 17.3. The molecule has 1 N–H and O–H groups in total. The predicted molar refractivity (Wildman–Crippen MR) is 103 cm³/mol. The molecule has 1 aliphatic rings. The zero-order valence-electron chi connectivity index (χ0n) is 14.4. The van der Waals surface area contributed by atoms with Crippen molar-refractivity contribution in [1.82, 2.24) is 34.8 Å². The minimum Gasteiger partial charge on any atom is -0.339 e. The molecule has 5 heterocycles. The zero-order valence-corrected chi connectivity index (χ0v) is 16.0. The first-order valence-electron chi connectivity index (χ1n) is 8.48. The highest BCUT2D eigenvalue weighted by molar-refractivity contribution is 7.09. The molecule has 10 heteroatoms. The third-order valence-corrected chi connectivity index (χ3v) is 5.22. The fourth-order valence-corrected chi connectivity index (χ4v) is 3.81. The summed E-state index contributed by atoms with van der Waals surface area (Å²) in [6.45, 7) is 3.17. The van der Waals surface area contributed by atoms with Crippen LogP contribution in [0.5, 0.6) is 0 Å². The quantitative estimate of drug-likeness (QED) is 0.550.